The maximum Gasteiger partial charge on any atom is 0.00359 e. The van der Waals surface area contributed by atoms with Crippen LogP contribution < -0.4 is 0 Å². The molecule has 2 aliphatic heterocycles. The molecule has 0 spiro atoms. The molecular weight excluding hydrogens is 122 g/mol. The summed E-state index contributed by atoms with van der Waals surface area (Å²) in [5.41, 5.74) is 0.622. The highest BCUT2D eigenvalue weighted by molar-refractivity contribution is 4.93. The second-order valence-electron chi connectivity index (χ2n) is 4.56. The van der Waals surface area contributed by atoms with Crippen LogP contribution in [0.5, 0.6) is 0 Å². The molecule has 0 aromatic rings. The van der Waals surface area contributed by atoms with E-state index in [1.54, 1.807) is 0 Å². The first kappa shape index (κ1) is 6.66. The molecule has 2 saturated heterocycles. The Kier molecular flexibility index (Phi) is 1.31. The van der Waals surface area contributed by atoms with Gasteiger partial charge in [0.15, 0.2) is 0 Å². The normalized spacial score (nSPS) is 43.8. The molecule has 10 heavy (non-hydrogen) atoms. The van der Waals surface area contributed by atoms with Crippen molar-refractivity contribution in [1.29, 1.82) is 0 Å². The minimum Gasteiger partial charge on any atom is -0.302 e. The third-order valence-electron chi connectivity index (χ3n) is 3.24. The van der Waals surface area contributed by atoms with Crippen molar-refractivity contribution in [2.75, 3.05) is 19.6 Å². The molecule has 2 rings (SSSR count). The molecule has 2 unspecified atom stereocenters. The summed E-state index contributed by atoms with van der Waals surface area (Å²) in [4.78, 5) is 2.62. The van der Waals surface area contributed by atoms with E-state index in [0.717, 1.165) is 5.92 Å². The van der Waals surface area contributed by atoms with Crippen LogP contribution in [0.3, 0.4) is 0 Å². The predicted octanol–water partition coefficient (Wildman–Crippen LogP) is 1.74. The van der Waals surface area contributed by atoms with Gasteiger partial charge < -0.3 is 4.90 Å². The highest BCUT2D eigenvalue weighted by Crippen LogP contribution is 2.40. The standard InChI is InChI=1S/C9H17N/c1-9(2)7-10-5-3-4-8(9)6-10/h8H,3-7H2,1-2H3. The van der Waals surface area contributed by atoms with E-state index < -0.39 is 0 Å². The van der Waals surface area contributed by atoms with Gasteiger partial charge in [-0.2, -0.15) is 0 Å². The molecule has 2 heterocycles. The van der Waals surface area contributed by atoms with Crippen molar-refractivity contribution in [1.82, 2.24) is 4.90 Å². The van der Waals surface area contributed by atoms with Crippen molar-refractivity contribution in [2.45, 2.75) is 26.7 Å². The second-order valence-corrected chi connectivity index (χ2v) is 4.56. The quantitative estimate of drug-likeness (QED) is 0.494. The maximum atomic E-state index is 2.62. The molecule has 0 N–H and O–H groups in total. The average molecular weight is 139 g/mol. The van der Waals surface area contributed by atoms with Crippen LogP contribution in [-0.4, -0.2) is 24.5 Å². The summed E-state index contributed by atoms with van der Waals surface area (Å²) in [5.74, 6) is 1.00. The Morgan fingerprint density at radius 2 is 2.20 bits per heavy atom. The highest BCUT2D eigenvalue weighted by atomic mass is 15.2. The fourth-order valence-corrected chi connectivity index (χ4v) is 2.54. The van der Waals surface area contributed by atoms with Crippen molar-refractivity contribution in [3.8, 4) is 0 Å². The molecule has 0 amide bonds. The third-order valence-corrected chi connectivity index (χ3v) is 3.24. The molecule has 0 aliphatic carbocycles. The van der Waals surface area contributed by atoms with E-state index in [0.29, 0.717) is 5.41 Å². The molecule has 2 bridgehead atoms. The van der Waals surface area contributed by atoms with Crippen molar-refractivity contribution >= 4 is 0 Å². The zero-order valence-electron chi connectivity index (χ0n) is 7.06. The zero-order chi connectivity index (χ0) is 7.19. The fourth-order valence-electron chi connectivity index (χ4n) is 2.54. The largest absolute Gasteiger partial charge is 0.302 e. The van der Waals surface area contributed by atoms with Gasteiger partial charge in [-0.05, 0) is 30.7 Å². The van der Waals surface area contributed by atoms with E-state index in [2.05, 4.69) is 18.7 Å². The van der Waals surface area contributed by atoms with E-state index in [1.807, 2.05) is 0 Å². The van der Waals surface area contributed by atoms with Crippen LogP contribution in [0.1, 0.15) is 26.7 Å². The Morgan fingerprint density at radius 3 is 2.80 bits per heavy atom. The van der Waals surface area contributed by atoms with Crippen LogP contribution >= 0.6 is 0 Å². The summed E-state index contributed by atoms with van der Waals surface area (Å²) in [6.45, 7) is 8.93. The fraction of sp³-hybridized carbons (Fsp3) is 1.00. The summed E-state index contributed by atoms with van der Waals surface area (Å²) in [5, 5.41) is 0. The van der Waals surface area contributed by atoms with E-state index in [9.17, 15) is 0 Å². The van der Waals surface area contributed by atoms with Crippen LogP contribution in [0.4, 0.5) is 0 Å². The van der Waals surface area contributed by atoms with Crippen molar-refractivity contribution < 1.29 is 0 Å². The minimum absolute atomic E-state index is 0.622. The molecule has 1 nitrogen and oxygen atoms in total. The SMILES string of the molecule is CC1(C)CN2CCCC1C2. The van der Waals surface area contributed by atoms with Crippen LogP contribution in [0.2, 0.25) is 0 Å². The van der Waals surface area contributed by atoms with Gasteiger partial charge in [0.2, 0.25) is 0 Å². The molecule has 0 aromatic carbocycles. The smallest absolute Gasteiger partial charge is 0.00359 e. The molecule has 2 fully saturated rings. The van der Waals surface area contributed by atoms with E-state index >= 15 is 0 Å². The Morgan fingerprint density at radius 1 is 1.40 bits per heavy atom. The van der Waals surface area contributed by atoms with Gasteiger partial charge in [-0.25, -0.2) is 0 Å². The monoisotopic (exact) mass is 139 g/mol. The summed E-state index contributed by atoms with van der Waals surface area (Å²) in [7, 11) is 0. The van der Waals surface area contributed by atoms with Crippen molar-refractivity contribution in [3.05, 3.63) is 0 Å². The number of hydrogen-bond donors (Lipinski definition) is 0. The molecule has 2 atom stereocenters. The molecule has 0 saturated carbocycles. The van der Waals surface area contributed by atoms with Crippen LogP contribution in [0.25, 0.3) is 0 Å². The second kappa shape index (κ2) is 1.97. The van der Waals surface area contributed by atoms with Gasteiger partial charge >= 0.3 is 0 Å². The van der Waals surface area contributed by atoms with Gasteiger partial charge in [-0.3, -0.25) is 0 Å². The summed E-state index contributed by atoms with van der Waals surface area (Å²) < 4.78 is 0. The number of piperidine rings is 1. The Balaban J connectivity index is 2.15. The molecule has 0 aromatic heterocycles. The van der Waals surface area contributed by atoms with Gasteiger partial charge in [0.05, 0.1) is 0 Å². The predicted molar refractivity (Wildman–Crippen MR) is 42.9 cm³/mol. The van der Waals surface area contributed by atoms with Gasteiger partial charge in [0.1, 0.15) is 0 Å². The Hall–Kier alpha value is -0.0400. The first-order chi connectivity index (χ1) is 4.68. The first-order valence-corrected chi connectivity index (χ1v) is 4.41. The minimum atomic E-state index is 0.622. The van der Waals surface area contributed by atoms with Crippen LogP contribution in [0, 0.1) is 11.3 Å². The number of hydrogen-bond acceptors (Lipinski definition) is 1. The molecular formula is C9H17N. The van der Waals surface area contributed by atoms with E-state index in [-0.39, 0.29) is 0 Å². The van der Waals surface area contributed by atoms with Crippen LogP contribution in [0.15, 0.2) is 0 Å². The van der Waals surface area contributed by atoms with E-state index in [1.165, 1.54) is 32.5 Å². The lowest BCUT2D eigenvalue weighted by Gasteiger charge is -2.25. The first-order valence-electron chi connectivity index (χ1n) is 4.41. The van der Waals surface area contributed by atoms with Gasteiger partial charge in [-0.1, -0.05) is 13.8 Å². The lowest BCUT2D eigenvalue weighted by atomic mass is 9.80. The molecule has 0 radical (unpaired) electrons. The average Bonchev–Trinajstić information content (AvgIpc) is 2.04. The number of rotatable bonds is 0. The Bertz CT molecular complexity index is 140. The van der Waals surface area contributed by atoms with Gasteiger partial charge in [0, 0.05) is 13.1 Å². The van der Waals surface area contributed by atoms with E-state index in [4.69, 9.17) is 0 Å². The van der Waals surface area contributed by atoms with Crippen molar-refractivity contribution in [2.24, 2.45) is 11.3 Å². The summed E-state index contributed by atoms with van der Waals surface area (Å²) >= 11 is 0. The third kappa shape index (κ3) is 0.878. The number of fused-ring (bicyclic) bond motifs is 2. The Labute approximate surface area is 63.4 Å². The molecule has 2 aliphatic rings. The zero-order valence-corrected chi connectivity index (χ0v) is 7.06. The van der Waals surface area contributed by atoms with Gasteiger partial charge in [-0.15, -0.1) is 0 Å². The summed E-state index contributed by atoms with van der Waals surface area (Å²) in [6, 6.07) is 0. The topological polar surface area (TPSA) is 3.24 Å². The maximum absolute atomic E-state index is 2.62. The molecule has 1 heteroatoms. The summed E-state index contributed by atoms with van der Waals surface area (Å²) in [6.07, 6.45) is 2.91. The highest BCUT2D eigenvalue weighted by Gasteiger charge is 2.40. The lowest BCUT2D eigenvalue weighted by molar-refractivity contribution is 0.256. The van der Waals surface area contributed by atoms with Crippen LogP contribution in [-0.2, 0) is 0 Å². The lowest BCUT2D eigenvalue weighted by Crippen LogP contribution is -2.25. The number of nitrogens with zero attached hydrogens (tertiary/aromatic N) is 1. The van der Waals surface area contributed by atoms with Crippen molar-refractivity contribution in [3.63, 3.8) is 0 Å². The molecule has 58 valence electrons. The van der Waals surface area contributed by atoms with Gasteiger partial charge in [0.25, 0.3) is 0 Å².